The first kappa shape index (κ1) is 22.6. The maximum atomic E-state index is 13.0. The third-order valence-corrected chi connectivity index (χ3v) is 5.57. The van der Waals surface area contributed by atoms with E-state index in [1.165, 1.54) is 30.3 Å². The zero-order chi connectivity index (χ0) is 23.9. The second kappa shape index (κ2) is 8.41. The Bertz CT molecular complexity index is 1160. The van der Waals surface area contributed by atoms with Gasteiger partial charge in [-0.05, 0) is 35.7 Å². The molecule has 3 N–H and O–H groups in total. The largest absolute Gasteiger partial charge is 0.416 e. The standard InChI is InChI=1S/C22H18F3N3O5/c23-22(24,25)13-5-1-3-11(9-13)18(30)26-10-12-4-2-6-14-17(12)21(33)28(20(14)32)15-7-8-16(29)27-19(15)31/h1-6,9,15,18,26,30H,7-8,10H2,(H,27,29,31). The molecule has 4 amide bonds. The Labute approximate surface area is 185 Å². The van der Waals surface area contributed by atoms with Crippen LogP contribution < -0.4 is 10.6 Å². The molecule has 8 nitrogen and oxygen atoms in total. The van der Waals surface area contributed by atoms with Gasteiger partial charge in [-0.3, -0.25) is 34.7 Å². The maximum absolute atomic E-state index is 13.0. The van der Waals surface area contributed by atoms with Crippen molar-refractivity contribution in [2.24, 2.45) is 0 Å². The number of fused-ring (bicyclic) bond motifs is 1. The van der Waals surface area contributed by atoms with Crippen LogP contribution in [0.4, 0.5) is 13.2 Å². The molecule has 0 saturated carbocycles. The first-order chi connectivity index (χ1) is 15.6. The van der Waals surface area contributed by atoms with E-state index in [9.17, 15) is 37.5 Å². The summed E-state index contributed by atoms with van der Waals surface area (Å²) in [6.45, 7) is -0.136. The van der Waals surface area contributed by atoms with Crippen LogP contribution in [0.1, 0.15) is 56.5 Å². The van der Waals surface area contributed by atoms with Gasteiger partial charge in [0.25, 0.3) is 11.8 Å². The second-order valence-electron chi connectivity index (χ2n) is 7.69. The van der Waals surface area contributed by atoms with Gasteiger partial charge in [-0.25, -0.2) is 0 Å². The smallest absolute Gasteiger partial charge is 0.374 e. The average molecular weight is 461 g/mol. The van der Waals surface area contributed by atoms with Crippen molar-refractivity contribution in [1.82, 2.24) is 15.5 Å². The molecule has 2 aliphatic rings. The molecule has 2 aromatic rings. The van der Waals surface area contributed by atoms with Gasteiger partial charge in [-0.1, -0.05) is 24.3 Å². The van der Waals surface area contributed by atoms with Crippen molar-refractivity contribution >= 4 is 23.6 Å². The molecule has 2 unspecified atom stereocenters. The van der Waals surface area contributed by atoms with Crippen LogP contribution >= 0.6 is 0 Å². The zero-order valence-electron chi connectivity index (χ0n) is 17.0. The fourth-order valence-corrected chi connectivity index (χ4v) is 3.94. The highest BCUT2D eigenvalue weighted by Crippen LogP contribution is 2.32. The van der Waals surface area contributed by atoms with Gasteiger partial charge in [-0.2, -0.15) is 13.2 Å². The number of halogens is 3. The van der Waals surface area contributed by atoms with E-state index in [2.05, 4.69) is 10.6 Å². The van der Waals surface area contributed by atoms with Crippen LogP contribution in [0.15, 0.2) is 42.5 Å². The maximum Gasteiger partial charge on any atom is 0.416 e. The third-order valence-electron chi connectivity index (χ3n) is 5.57. The molecule has 11 heteroatoms. The summed E-state index contributed by atoms with van der Waals surface area (Å²) < 4.78 is 38.8. The van der Waals surface area contributed by atoms with Crippen molar-refractivity contribution < 1.29 is 37.5 Å². The topological polar surface area (TPSA) is 116 Å². The highest BCUT2D eigenvalue weighted by molar-refractivity contribution is 6.24. The number of imide groups is 2. The summed E-state index contributed by atoms with van der Waals surface area (Å²) in [5.41, 5.74) is -0.507. The Kier molecular flexibility index (Phi) is 5.76. The Morgan fingerprint density at radius 3 is 2.52 bits per heavy atom. The van der Waals surface area contributed by atoms with Crippen molar-refractivity contribution in [1.29, 1.82) is 0 Å². The fraction of sp³-hybridized carbons (Fsp3) is 0.273. The zero-order valence-corrected chi connectivity index (χ0v) is 17.0. The molecule has 0 aliphatic carbocycles. The van der Waals surface area contributed by atoms with Crippen LogP contribution in [0.2, 0.25) is 0 Å². The lowest BCUT2D eigenvalue weighted by atomic mass is 10.0. The minimum Gasteiger partial charge on any atom is -0.374 e. The van der Waals surface area contributed by atoms with Crippen molar-refractivity contribution in [2.45, 2.75) is 37.8 Å². The normalized spacial score (nSPS) is 19.5. The first-order valence-electron chi connectivity index (χ1n) is 10.00. The summed E-state index contributed by atoms with van der Waals surface area (Å²) in [4.78, 5) is 50.3. The Hall–Kier alpha value is -3.57. The van der Waals surface area contributed by atoms with Gasteiger partial charge in [0, 0.05) is 13.0 Å². The van der Waals surface area contributed by atoms with Gasteiger partial charge in [-0.15, -0.1) is 0 Å². The lowest BCUT2D eigenvalue weighted by molar-refractivity contribution is -0.138. The number of hydrogen-bond acceptors (Lipinski definition) is 6. The number of aliphatic hydroxyl groups excluding tert-OH is 1. The van der Waals surface area contributed by atoms with Crippen LogP contribution in [0.5, 0.6) is 0 Å². The van der Waals surface area contributed by atoms with Crippen LogP contribution in [-0.2, 0) is 22.3 Å². The molecule has 0 radical (unpaired) electrons. The average Bonchev–Trinajstić information content (AvgIpc) is 3.02. The lowest BCUT2D eigenvalue weighted by Crippen LogP contribution is -2.54. The van der Waals surface area contributed by atoms with E-state index in [1.807, 2.05) is 0 Å². The van der Waals surface area contributed by atoms with Crippen LogP contribution in [0, 0.1) is 0 Å². The Morgan fingerprint density at radius 2 is 1.82 bits per heavy atom. The fourth-order valence-electron chi connectivity index (χ4n) is 3.94. The van der Waals surface area contributed by atoms with Gasteiger partial charge in [0.2, 0.25) is 11.8 Å². The van der Waals surface area contributed by atoms with E-state index in [0.717, 1.165) is 17.0 Å². The Balaban J connectivity index is 1.54. The number of nitrogens with one attached hydrogen (secondary N) is 2. The molecule has 33 heavy (non-hydrogen) atoms. The summed E-state index contributed by atoms with van der Waals surface area (Å²) >= 11 is 0. The summed E-state index contributed by atoms with van der Waals surface area (Å²) in [5.74, 6) is -2.61. The van der Waals surface area contributed by atoms with E-state index >= 15 is 0 Å². The van der Waals surface area contributed by atoms with Crippen molar-refractivity contribution in [3.8, 4) is 0 Å². The molecule has 0 bridgehead atoms. The molecule has 2 heterocycles. The molecule has 2 aliphatic heterocycles. The van der Waals surface area contributed by atoms with Crippen LogP contribution in [-0.4, -0.2) is 39.7 Å². The van der Waals surface area contributed by atoms with Crippen LogP contribution in [0.3, 0.4) is 0 Å². The summed E-state index contributed by atoms with van der Waals surface area (Å²) in [7, 11) is 0. The van der Waals surface area contributed by atoms with E-state index in [4.69, 9.17) is 0 Å². The molecule has 2 atom stereocenters. The number of amides is 4. The monoisotopic (exact) mass is 461 g/mol. The highest BCUT2D eigenvalue weighted by atomic mass is 19.4. The van der Waals surface area contributed by atoms with Gasteiger partial charge in [0.05, 0.1) is 16.7 Å². The lowest BCUT2D eigenvalue weighted by Gasteiger charge is -2.27. The number of benzene rings is 2. The number of alkyl halides is 3. The Morgan fingerprint density at radius 1 is 1.09 bits per heavy atom. The number of rotatable bonds is 5. The van der Waals surface area contributed by atoms with Gasteiger partial charge < -0.3 is 5.11 Å². The number of piperidine rings is 1. The molecule has 2 aromatic carbocycles. The quantitative estimate of drug-likeness (QED) is 0.463. The van der Waals surface area contributed by atoms with Crippen molar-refractivity contribution in [3.63, 3.8) is 0 Å². The third kappa shape index (κ3) is 4.24. The highest BCUT2D eigenvalue weighted by Gasteiger charge is 2.45. The van der Waals surface area contributed by atoms with Crippen molar-refractivity contribution in [2.75, 3.05) is 0 Å². The molecule has 0 aromatic heterocycles. The number of nitrogens with zero attached hydrogens (tertiary/aromatic N) is 1. The first-order valence-corrected chi connectivity index (χ1v) is 10.00. The summed E-state index contributed by atoms with van der Waals surface area (Å²) in [6.07, 6.45) is -6.04. The number of aliphatic hydroxyl groups is 1. The second-order valence-corrected chi connectivity index (χ2v) is 7.69. The molecule has 0 spiro atoms. The summed E-state index contributed by atoms with van der Waals surface area (Å²) in [5, 5.41) is 15.1. The number of carbonyl (C=O) groups excluding carboxylic acids is 4. The molecular weight excluding hydrogens is 443 g/mol. The van der Waals surface area contributed by atoms with E-state index < -0.39 is 47.6 Å². The summed E-state index contributed by atoms with van der Waals surface area (Å²) in [6, 6.07) is 7.54. The minimum absolute atomic E-state index is 0.0119. The molecule has 1 fully saturated rings. The molecule has 1 saturated heterocycles. The van der Waals surface area contributed by atoms with Gasteiger partial charge >= 0.3 is 6.18 Å². The number of carbonyl (C=O) groups is 4. The molecule has 4 rings (SSSR count). The predicted octanol–water partition coefficient (Wildman–Crippen LogP) is 1.89. The van der Waals surface area contributed by atoms with Crippen molar-refractivity contribution in [3.05, 3.63) is 70.3 Å². The minimum atomic E-state index is -4.57. The van der Waals surface area contributed by atoms with Gasteiger partial charge in [0.1, 0.15) is 12.3 Å². The predicted molar refractivity (Wildman–Crippen MR) is 106 cm³/mol. The molecular formula is C22H18F3N3O5. The van der Waals surface area contributed by atoms with Gasteiger partial charge in [0.15, 0.2) is 0 Å². The van der Waals surface area contributed by atoms with E-state index in [1.54, 1.807) is 0 Å². The van der Waals surface area contributed by atoms with Crippen LogP contribution in [0.25, 0.3) is 0 Å². The van der Waals surface area contributed by atoms with E-state index in [0.29, 0.717) is 5.56 Å². The molecule has 172 valence electrons. The van der Waals surface area contributed by atoms with E-state index in [-0.39, 0.29) is 36.1 Å². The number of hydrogen-bond donors (Lipinski definition) is 3. The SMILES string of the molecule is O=C1CCC(N2C(=O)c3cccc(CNC(O)c4cccc(C(F)(F)F)c4)c3C2=O)C(=O)N1.